The van der Waals surface area contributed by atoms with Crippen LogP contribution in [0.15, 0.2) is 12.7 Å². The summed E-state index contributed by atoms with van der Waals surface area (Å²) in [6.45, 7) is 7.21. The van der Waals surface area contributed by atoms with Crippen molar-refractivity contribution in [2.75, 3.05) is 6.61 Å². The Balaban J connectivity index is 1.74. The van der Waals surface area contributed by atoms with Crippen LogP contribution < -0.4 is 4.72 Å². The Kier molecular flexibility index (Phi) is 5.45. The van der Waals surface area contributed by atoms with Crippen molar-refractivity contribution in [3.05, 3.63) is 18.3 Å². The highest BCUT2D eigenvalue weighted by Crippen LogP contribution is 2.40. The molecule has 4 atom stereocenters. The van der Waals surface area contributed by atoms with E-state index in [1.165, 1.54) is 6.33 Å². The van der Waals surface area contributed by atoms with Crippen LogP contribution in [0.3, 0.4) is 0 Å². The lowest BCUT2D eigenvalue weighted by Crippen LogP contribution is -2.34. The molecule has 1 fully saturated rings. The zero-order valence-electron chi connectivity index (χ0n) is 15.6. The number of ether oxygens (including phenoxy) is 1. The van der Waals surface area contributed by atoms with E-state index in [1.807, 2.05) is 30.1 Å². The van der Waals surface area contributed by atoms with Crippen molar-refractivity contribution in [3.8, 4) is 0 Å². The second kappa shape index (κ2) is 7.49. The number of aromatic nitrogens is 4. The molecule has 11 heteroatoms. The Morgan fingerprint density at radius 2 is 2.04 bits per heavy atom. The molecule has 1 N–H and O–H groups in total. The molecule has 1 saturated heterocycles. The summed E-state index contributed by atoms with van der Waals surface area (Å²) in [5, 5.41) is 0. The maximum atomic E-state index is 11.8. The van der Waals surface area contributed by atoms with E-state index in [4.69, 9.17) is 8.92 Å². The highest BCUT2D eigenvalue weighted by atomic mass is 32.2. The molecule has 10 nitrogen and oxygen atoms in total. The molecule has 0 bridgehead atoms. The van der Waals surface area contributed by atoms with E-state index < -0.39 is 22.3 Å². The summed E-state index contributed by atoms with van der Waals surface area (Å²) in [7, 11) is -4.15. The molecule has 0 unspecified atom stereocenters. The van der Waals surface area contributed by atoms with Gasteiger partial charge in [-0.15, -0.1) is 0 Å². The lowest BCUT2D eigenvalue weighted by Gasteiger charge is -2.17. The highest BCUT2D eigenvalue weighted by Gasteiger charge is 2.41. The number of carbonyl (C=O) groups excluding carboxylic acids is 1. The van der Waals surface area contributed by atoms with Gasteiger partial charge in [0.2, 0.25) is 5.91 Å². The number of carbonyl (C=O) groups is 1. The van der Waals surface area contributed by atoms with E-state index >= 15 is 0 Å². The van der Waals surface area contributed by atoms with Gasteiger partial charge in [-0.3, -0.25) is 13.5 Å². The van der Waals surface area contributed by atoms with Gasteiger partial charge in [0.1, 0.15) is 18.1 Å². The van der Waals surface area contributed by atoms with Gasteiger partial charge in [-0.05, 0) is 12.8 Å². The molecular weight excluding hydrogens is 374 g/mol. The first-order valence-electron chi connectivity index (χ1n) is 8.73. The smallest absolute Gasteiger partial charge is 0.352 e. The van der Waals surface area contributed by atoms with Crippen LogP contribution >= 0.6 is 0 Å². The molecule has 0 radical (unpaired) electrons. The van der Waals surface area contributed by atoms with E-state index in [2.05, 4.69) is 15.0 Å². The molecule has 3 rings (SSSR count). The summed E-state index contributed by atoms with van der Waals surface area (Å²) < 4.78 is 38.3. The van der Waals surface area contributed by atoms with Crippen molar-refractivity contribution in [2.45, 2.75) is 46.4 Å². The van der Waals surface area contributed by atoms with Crippen LogP contribution in [0.5, 0.6) is 0 Å². The van der Waals surface area contributed by atoms with E-state index in [0.717, 1.165) is 5.69 Å². The fraction of sp³-hybridized carbons (Fsp3) is 0.625. The molecule has 1 aliphatic heterocycles. The van der Waals surface area contributed by atoms with Crippen LogP contribution in [-0.4, -0.2) is 46.6 Å². The van der Waals surface area contributed by atoms with Gasteiger partial charge < -0.3 is 4.74 Å². The number of nitrogens with one attached hydrogen (secondary N) is 1. The second-order valence-corrected chi connectivity index (χ2v) is 8.03. The van der Waals surface area contributed by atoms with Crippen LogP contribution in [0.2, 0.25) is 0 Å². The van der Waals surface area contributed by atoms with Crippen LogP contribution in [-0.2, 0) is 24.0 Å². The molecule has 2 aromatic heterocycles. The first-order valence-corrected chi connectivity index (χ1v) is 10.1. The van der Waals surface area contributed by atoms with Crippen LogP contribution in [0, 0.1) is 18.8 Å². The number of imidazole rings is 1. The summed E-state index contributed by atoms with van der Waals surface area (Å²) in [4.78, 5) is 24.1. The molecular formula is C16H23N5O5S. The van der Waals surface area contributed by atoms with Gasteiger partial charge in [-0.25, -0.2) is 19.7 Å². The summed E-state index contributed by atoms with van der Waals surface area (Å²) >= 11 is 0. The standard InChI is InChI=1S/C16H23N5O5S/c1-5-13(22)20-27(23,24)25-6-12-9(2)10(3)16(26-12)21-8-19-14-11(4)17-7-18-15(14)21/h7-10,12,16H,5-6H2,1-4H3,(H,20,22)/t9-,10+,12+,16+/m0/s1. The zero-order valence-corrected chi connectivity index (χ0v) is 16.4. The van der Waals surface area contributed by atoms with E-state index in [1.54, 1.807) is 13.3 Å². The highest BCUT2D eigenvalue weighted by molar-refractivity contribution is 7.85. The van der Waals surface area contributed by atoms with E-state index in [-0.39, 0.29) is 31.1 Å². The van der Waals surface area contributed by atoms with Gasteiger partial charge in [-0.2, -0.15) is 8.42 Å². The van der Waals surface area contributed by atoms with Crippen molar-refractivity contribution in [2.24, 2.45) is 11.8 Å². The van der Waals surface area contributed by atoms with E-state index in [0.29, 0.717) is 11.2 Å². The van der Waals surface area contributed by atoms with Gasteiger partial charge >= 0.3 is 10.3 Å². The first-order chi connectivity index (χ1) is 12.7. The van der Waals surface area contributed by atoms with Crippen LogP contribution in [0.4, 0.5) is 0 Å². The van der Waals surface area contributed by atoms with Gasteiger partial charge in [0.25, 0.3) is 0 Å². The van der Waals surface area contributed by atoms with Crippen molar-refractivity contribution >= 4 is 27.4 Å². The van der Waals surface area contributed by atoms with Crippen LogP contribution in [0.25, 0.3) is 11.2 Å². The molecule has 0 aliphatic carbocycles. The fourth-order valence-electron chi connectivity index (χ4n) is 3.09. The largest absolute Gasteiger partial charge is 0.362 e. The average Bonchev–Trinajstić information content (AvgIpc) is 3.16. The summed E-state index contributed by atoms with van der Waals surface area (Å²) in [6, 6.07) is 0. The number of hydrogen-bond donors (Lipinski definition) is 1. The Labute approximate surface area is 157 Å². The third-order valence-corrected chi connectivity index (χ3v) is 5.87. The molecule has 1 aliphatic rings. The zero-order chi connectivity index (χ0) is 19.8. The summed E-state index contributed by atoms with van der Waals surface area (Å²) in [5.74, 6) is -0.534. The maximum absolute atomic E-state index is 11.8. The van der Waals surface area contributed by atoms with Gasteiger partial charge in [0.15, 0.2) is 5.65 Å². The molecule has 3 heterocycles. The minimum atomic E-state index is -4.15. The number of amides is 1. The second-order valence-electron chi connectivity index (χ2n) is 6.68. The molecule has 0 spiro atoms. The van der Waals surface area contributed by atoms with Crippen LogP contribution in [0.1, 0.15) is 39.1 Å². The number of aryl methyl sites for hydroxylation is 1. The average molecular weight is 397 g/mol. The number of nitrogens with zero attached hydrogens (tertiary/aromatic N) is 4. The van der Waals surface area contributed by atoms with Crippen molar-refractivity contribution < 1.29 is 22.1 Å². The summed E-state index contributed by atoms with van der Waals surface area (Å²) in [5.41, 5.74) is 2.14. The number of hydrogen-bond acceptors (Lipinski definition) is 8. The van der Waals surface area contributed by atoms with Crippen molar-refractivity contribution in [3.63, 3.8) is 0 Å². The minimum absolute atomic E-state index is 0.0208. The Hall–Kier alpha value is -2.11. The Morgan fingerprint density at radius 3 is 2.74 bits per heavy atom. The molecule has 2 aromatic rings. The molecule has 0 aromatic carbocycles. The van der Waals surface area contributed by atoms with E-state index in [9.17, 15) is 13.2 Å². The van der Waals surface area contributed by atoms with Gasteiger partial charge in [0, 0.05) is 12.3 Å². The van der Waals surface area contributed by atoms with Gasteiger partial charge in [-0.1, -0.05) is 20.8 Å². The lowest BCUT2D eigenvalue weighted by molar-refractivity contribution is -0.119. The molecule has 148 valence electrons. The fourth-order valence-corrected chi connectivity index (χ4v) is 3.88. The predicted octanol–water partition coefficient (Wildman–Crippen LogP) is 1.09. The third kappa shape index (κ3) is 3.94. The number of rotatable bonds is 6. The summed E-state index contributed by atoms with van der Waals surface area (Å²) in [6.07, 6.45) is 2.36. The SMILES string of the molecule is CCC(=O)NS(=O)(=O)OC[C@H]1O[C@@H](n2cnc3c(C)ncnc32)[C@H](C)[C@@H]1C. The van der Waals surface area contributed by atoms with Gasteiger partial charge in [0.05, 0.1) is 24.7 Å². The molecule has 1 amide bonds. The van der Waals surface area contributed by atoms with Crippen molar-refractivity contribution in [1.82, 2.24) is 24.2 Å². The molecule has 27 heavy (non-hydrogen) atoms. The Bertz CT molecular complexity index is 944. The topological polar surface area (TPSA) is 125 Å². The predicted molar refractivity (Wildman–Crippen MR) is 95.6 cm³/mol. The normalized spacial score (nSPS) is 25.8. The molecule has 0 saturated carbocycles. The monoisotopic (exact) mass is 397 g/mol. The quantitative estimate of drug-likeness (QED) is 0.768. The minimum Gasteiger partial charge on any atom is -0.352 e. The lowest BCUT2D eigenvalue weighted by atomic mass is 9.93. The Morgan fingerprint density at radius 1 is 1.30 bits per heavy atom. The maximum Gasteiger partial charge on any atom is 0.362 e. The third-order valence-electron chi connectivity index (χ3n) is 4.94. The number of fused-ring (bicyclic) bond motifs is 1. The first kappa shape index (κ1) is 19.6. The van der Waals surface area contributed by atoms with Crippen molar-refractivity contribution in [1.29, 1.82) is 0 Å².